The zero-order valence-electron chi connectivity index (χ0n) is 12.5. The molecule has 0 radical (unpaired) electrons. The average Bonchev–Trinajstić information content (AvgIpc) is 2.94. The summed E-state index contributed by atoms with van der Waals surface area (Å²) in [6.07, 6.45) is 3.15. The highest BCUT2D eigenvalue weighted by Gasteiger charge is 2.07. The Labute approximate surface area is 156 Å². The van der Waals surface area contributed by atoms with Gasteiger partial charge in [-0.15, -0.1) is 0 Å². The third-order valence-corrected chi connectivity index (χ3v) is 4.85. The normalized spacial score (nSPS) is 11.1. The van der Waals surface area contributed by atoms with Crippen LogP contribution in [0.1, 0.15) is 5.56 Å². The Morgan fingerprint density at radius 3 is 2.96 bits per heavy atom. The predicted octanol–water partition coefficient (Wildman–Crippen LogP) is 5.37. The lowest BCUT2D eigenvalue weighted by Gasteiger charge is -2.04. The summed E-state index contributed by atoms with van der Waals surface area (Å²) in [6.45, 7) is 0. The molecule has 2 aromatic carbocycles. The van der Waals surface area contributed by atoms with Crippen LogP contribution in [0.4, 0.5) is 5.13 Å². The molecule has 0 atom stereocenters. The van der Waals surface area contributed by atoms with Crippen molar-refractivity contribution < 1.29 is 9.53 Å². The van der Waals surface area contributed by atoms with Crippen molar-refractivity contribution in [3.63, 3.8) is 0 Å². The number of carbonyl (C=O) groups excluding carboxylic acids is 1. The van der Waals surface area contributed by atoms with Crippen LogP contribution in [0, 0.1) is 0 Å². The average molecular weight is 424 g/mol. The Bertz CT molecular complexity index is 939. The number of halogens is 2. The molecule has 4 nitrogen and oxygen atoms in total. The summed E-state index contributed by atoms with van der Waals surface area (Å²) in [5, 5.41) is 3.93. The quantitative estimate of drug-likeness (QED) is 0.574. The largest absolute Gasteiger partial charge is 0.496 e. The number of rotatable bonds is 4. The fourth-order valence-electron chi connectivity index (χ4n) is 2.10. The Balaban J connectivity index is 1.76. The number of nitrogens with one attached hydrogen (secondary N) is 1. The second kappa shape index (κ2) is 7.34. The van der Waals surface area contributed by atoms with Crippen LogP contribution in [0.5, 0.6) is 5.75 Å². The van der Waals surface area contributed by atoms with Gasteiger partial charge in [-0.25, -0.2) is 4.98 Å². The lowest BCUT2D eigenvalue weighted by Crippen LogP contribution is -2.07. The molecule has 0 bridgehead atoms. The monoisotopic (exact) mass is 422 g/mol. The number of carbonyl (C=O) groups is 1. The van der Waals surface area contributed by atoms with E-state index in [9.17, 15) is 4.79 Å². The third-order valence-electron chi connectivity index (χ3n) is 3.19. The van der Waals surface area contributed by atoms with Crippen LogP contribution >= 0.6 is 38.9 Å². The first kappa shape index (κ1) is 17.0. The topological polar surface area (TPSA) is 51.2 Å². The lowest BCUT2D eigenvalue weighted by molar-refractivity contribution is -0.111. The summed E-state index contributed by atoms with van der Waals surface area (Å²) >= 11 is 10.7. The van der Waals surface area contributed by atoms with Gasteiger partial charge in [-0.3, -0.25) is 10.1 Å². The molecule has 0 aliphatic carbocycles. The number of hydrogen-bond acceptors (Lipinski definition) is 4. The minimum absolute atomic E-state index is 0.262. The Hall–Kier alpha value is -1.89. The fraction of sp³-hybridized carbons (Fsp3) is 0.0588. The number of ether oxygens (including phenoxy) is 1. The highest BCUT2D eigenvalue weighted by Crippen LogP contribution is 2.28. The summed E-state index contributed by atoms with van der Waals surface area (Å²) < 4.78 is 7.11. The molecule has 24 heavy (non-hydrogen) atoms. The van der Waals surface area contributed by atoms with Crippen molar-refractivity contribution in [1.29, 1.82) is 0 Å². The first-order valence-corrected chi connectivity index (χ1v) is 8.92. The van der Waals surface area contributed by atoms with Gasteiger partial charge >= 0.3 is 0 Å². The van der Waals surface area contributed by atoms with Gasteiger partial charge in [-0.05, 0) is 42.5 Å². The Morgan fingerprint density at radius 2 is 2.17 bits per heavy atom. The molecular weight excluding hydrogens is 412 g/mol. The Kier molecular flexibility index (Phi) is 5.18. The van der Waals surface area contributed by atoms with Crippen molar-refractivity contribution in [3.05, 3.63) is 57.5 Å². The van der Waals surface area contributed by atoms with Crippen molar-refractivity contribution in [3.8, 4) is 5.75 Å². The van der Waals surface area contributed by atoms with Crippen LogP contribution in [0.15, 0.2) is 46.9 Å². The lowest BCUT2D eigenvalue weighted by atomic mass is 10.2. The van der Waals surface area contributed by atoms with Crippen LogP contribution in [0.25, 0.3) is 16.3 Å². The minimum Gasteiger partial charge on any atom is -0.496 e. The number of fused-ring (bicyclic) bond motifs is 1. The molecule has 1 amide bonds. The number of hydrogen-bond donors (Lipinski definition) is 1. The predicted molar refractivity (Wildman–Crippen MR) is 103 cm³/mol. The van der Waals surface area contributed by atoms with E-state index in [4.69, 9.17) is 16.3 Å². The Morgan fingerprint density at radius 1 is 1.33 bits per heavy atom. The van der Waals surface area contributed by atoms with Gasteiger partial charge in [0.1, 0.15) is 5.75 Å². The van der Waals surface area contributed by atoms with E-state index < -0.39 is 0 Å². The molecule has 0 aliphatic heterocycles. The molecule has 7 heteroatoms. The third kappa shape index (κ3) is 3.95. The molecule has 0 saturated heterocycles. The number of thiazole rings is 1. The van der Waals surface area contributed by atoms with E-state index in [1.54, 1.807) is 19.3 Å². The maximum atomic E-state index is 12.1. The molecule has 3 aromatic rings. The van der Waals surface area contributed by atoms with Crippen molar-refractivity contribution in [1.82, 2.24) is 4.98 Å². The van der Waals surface area contributed by atoms with Crippen molar-refractivity contribution in [2.24, 2.45) is 0 Å². The second-order valence-corrected chi connectivity index (χ2v) is 7.22. The highest BCUT2D eigenvalue weighted by molar-refractivity contribution is 9.10. The van der Waals surface area contributed by atoms with E-state index in [-0.39, 0.29) is 5.91 Å². The van der Waals surface area contributed by atoms with Gasteiger partial charge in [0.15, 0.2) is 5.13 Å². The van der Waals surface area contributed by atoms with E-state index in [1.807, 2.05) is 30.3 Å². The number of aromatic nitrogens is 1. The van der Waals surface area contributed by atoms with E-state index in [2.05, 4.69) is 26.2 Å². The number of amides is 1. The molecule has 0 fully saturated rings. The zero-order chi connectivity index (χ0) is 17.1. The van der Waals surface area contributed by atoms with E-state index in [0.717, 1.165) is 20.3 Å². The molecule has 0 spiro atoms. The second-order valence-electron chi connectivity index (χ2n) is 4.84. The van der Waals surface area contributed by atoms with Crippen LogP contribution in [0.2, 0.25) is 5.02 Å². The molecule has 0 unspecified atom stereocenters. The van der Waals surface area contributed by atoms with E-state index in [0.29, 0.717) is 15.9 Å². The van der Waals surface area contributed by atoms with Gasteiger partial charge in [-0.1, -0.05) is 38.9 Å². The van der Waals surface area contributed by atoms with Gasteiger partial charge in [-0.2, -0.15) is 0 Å². The highest BCUT2D eigenvalue weighted by atomic mass is 79.9. The summed E-state index contributed by atoms with van der Waals surface area (Å²) in [6, 6.07) is 11.0. The molecule has 1 heterocycles. The van der Waals surface area contributed by atoms with Crippen LogP contribution in [-0.4, -0.2) is 18.0 Å². The molecule has 1 N–H and O–H groups in total. The molecule has 1 aromatic heterocycles. The van der Waals surface area contributed by atoms with Gasteiger partial charge in [0.2, 0.25) is 5.91 Å². The maximum Gasteiger partial charge on any atom is 0.250 e. The SMILES string of the molecule is COc1ccc(Br)cc1C=CC(=O)Nc1nc2ccc(Cl)cc2s1. The van der Waals surface area contributed by atoms with E-state index in [1.165, 1.54) is 17.4 Å². The van der Waals surface area contributed by atoms with Crippen molar-refractivity contribution in [2.75, 3.05) is 12.4 Å². The number of anilines is 1. The zero-order valence-corrected chi connectivity index (χ0v) is 15.7. The molecular formula is C17H12BrClN2O2S. The number of benzene rings is 2. The summed E-state index contributed by atoms with van der Waals surface area (Å²) in [5.41, 5.74) is 1.61. The maximum absolute atomic E-state index is 12.1. The first-order chi connectivity index (χ1) is 11.5. The van der Waals surface area contributed by atoms with Crippen molar-refractivity contribution >= 4 is 66.2 Å². The fourth-order valence-corrected chi connectivity index (χ4v) is 3.62. The standard InChI is InChI=1S/C17H12BrClN2O2S/c1-23-14-6-3-11(18)8-10(14)2-7-16(22)21-17-20-13-5-4-12(19)9-15(13)24-17/h2-9H,1H3,(H,20,21,22). The van der Waals surface area contributed by atoms with E-state index >= 15 is 0 Å². The molecule has 0 aliphatic rings. The molecule has 122 valence electrons. The van der Waals surface area contributed by atoms with Crippen LogP contribution in [0.3, 0.4) is 0 Å². The van der Waals surface area contributed by atoms with Gasteiger partial charge in [0, 0.05) is 21.1 Å². The number of methoxy groups -OCH3 is 1. The van der Waals surface area contributed by atoms with Crippen molar-refractivity contribution in [2.45, 2.75) is 0 Å². The molecule has 0 saturated carbocycles. The minimum atomic E-state index is -0.262. The molecule has 3 rings (SSSR count). The number of nitrogens with zero attached hydrogens (tertiary/aromatic N) is 1. The van der Waals surface area contributed by atoms with Crippen LogP contribution in [-0.2, 0) is 4.79 Å². The first-order valence-electron chi connectivity index (χ1n) is 6.94. The van der Waals surface area contributed by atoms with Gasteiger partial charge < -0.3 is 4.74 Å². The summed E-state index contributed by atoms with van der Waals surface area (Å²) in [5.74, 6) is 0.430. The summed E-state index contributed by atoms with van der Waals surface area (Å²) in [4.78, 5) is 16.5. The summed E-state index contributed by atoms with van der Waals surface area (Å²) in [7, 11) is 1.59. The smallest absolute Gasteiger partial charge is 0.250 e. The van der Waals surface area contributed by atoms with Crippen LogP contribution < -0.4 is 10.1 Å². The van der Waals surface area contributed by atoms with Gasteiger partial charge in [0.05, 0.1) is 17.3 Å². The van der Waals surface area contributed by atoms with Gasteiger partial charge in [0.25, 0.3) is 0 Å².